The maximum Gasteiger partial charge on any atom is 0.511 e. The Labute approximate surface area is 232 Å². The van der Waals surface area contributed by atoms with E-state index in [9.17, 15) is 14.7 Å². The fourth-order valence-electron chi connectivity index (χ4n) is 7.78. The van der Waals surface area contributed by atoms with E-state index in [4.69, 9.17) is 24.1 Å². The van der Waals surface area contributed by atoms with Gasteiger partial charge < -0.3 is 29.2 Å². The summed E-state index contributed by atoms with van der Waals surface area (Å²) in [4.78, 5) is 22.5. The predicted molar refractivity (Wildman–Crippen MR) is 146 cm³/mol. The molecule has 0 heterocycles. The van der Waals surface area contributed by atoms with Gasteiger partial charge in [0.05, 0.1) is 12.7 Å². The third kappa shape index (κ3) is 5.06. The van der Waals surface area contributed by atoms with Crippen molar-refractivity contribution in [2.24, 2.45) is 17.8 Å². The van der Waals surface area contributed by atoms with Crippen LogP contribution in [-0.2, 0) is 12.0 Å². The molecule has 4 fully saturated rings. The van der Waals surface area contributed by atoms with Crippen LogP contribution in [0.3, 0.4) is 0 Å². The van der Waals surface area contributed by atoms with Crippen molar-refractivity contribution in [2.75, 3.05) is 7.11 Å². The van der Waals surface area contributed by atoms with Crippen LogP contribution in [0.2, 0.25) is 0 Å². The first-order valence-corrected chi connectivity index (χ1v) is 13.7. The summed E-state index contributed by atoms with van der Waals surface area (Å²) in [6, 6.07) is 17.5. The maximum atomic E-state index is 11.4. The zero-order valence-electron chi connectivity index (χ0n) is 22.3. The summed E-state index contributed by atoms with van der Waals surface area (Å²) in [5.74, 6) is 3.92. The maximum absolute atomic E-state index is 11.4. The summed E-state index contributed by atoms with van der Waals surface area (Å²) < 4.78 is 22.0. The van der Waals surface area contributed by atoms with E-state index in [2.05, 4.69) is 12.1 Å². The first kappa shape index (κ1) is 26.0. The van der Waals surface area contributed by atoms with Crippen LogP contribution in [0.4, 0.5) is 9.59 Å². The molecule has 0 amide bonds. The molecular weight excluding hydrogens is 512 g/mol. The van der Waals surface area contributed by atoms with Crippen LogP contribution in [0.25, 0.3) is 11.1 Å². The number of carboxylic acid groups (broad SMARTS) is 2. The molecule has 0 saturated heterocycles. The zero-order chi connectivity index (χ0) is 27.9. The van der Waals surface area contributed by atoms with Crippen molar-refractivity contribution in [1.82, 2.24) is 0 Å². The largest absolute Gasteiger partial charge is 0.511 e. The van der Waals surface area contributed by atoms with Gasteiger partial charge in [-0.2, -0.15) is 0 Å². The summed E-state index contributed by atoms with van der Waals surface area (Å²) >= 11 is 0. The molecule has 0 aromatic heterocycles. The summed E-state index contributed by atoms with van der Waals surface area (Å²) in [6.45, 7) is 0.215. The quantitative estimate of drug-likeness (QED) is 0.221. The first-order valence-electron chi connectivity index (χ1n) is 13.7. The summed E-state index contributed by atoms with van der Waals surface area (Å²) in [7, 11) is 1.72. The highest BCUT2D eigenvalue weighted by atomic mass is 16.7. The molecule has 0 spiro atoms. The molecule has 8 heteroatoms. The second kappa shape index (κ2) is 10.4. The molecule has 208 valence electrons. The van der Waals surface area contributed by atoms with Gasteiger partial charge in [0.15, 0.2) is 0 Å². The Balaban J connectivity index is 1.28. The molecule has 4 aliphatic carbocycles. The number of ether oxygens (including phenoxy) is 4. The minimum atomic E-state index is -1.47. The van der Waals surface area contributed by atoms with Gasteiger partial charge in [-0.25, -0.2) is 9.59 Å². The van der Waals surface area contributed by atoms with Gasteiger partial charge in [-0.1, -0.05) is 30.3 Å². The number of rotatable bonds is 8. The number of benzene rings is 3. The van der Waals surface area contributed by atoms with Crippen molar-refractivity contribution in [3.63, 3.8) is 0 Å². The van der Waals surface area contributed by atoms with Gasteiger partial charge in [0, 0.05) is 5.56 Å². The van der Waals surface area contributed by atoms with E-state index in [0.29, 0.717) is 16.9 Å². The molecule has 0 atom stereocenters. The van der Waals surface area contributed by atoms with Crippen LogP contribution in [0, 0.1) is 17.8 Å². The average molecular weight is 545 g/mol. The van der Waals surface area contributed by atoms with Gasteiger partial charge in [0.1, 0.15) is 29.6 Å². The summed E-state index contributed by atoms with van der Waals surface area (Å²) in [5, 5.41) is 18.3. The van der Waals surface area contributed by atoms with E-state index in [0.717, 1.165) is 29.1 Å². The molecular formula is C32H32O8. The molecule has 4 saturated carbocycles. The Morgan fingerprint density at radius 1 is 0.800 bits per heavy atom. The number of hydrogen-bond acceptors (Lipinski definition) is 6. The molecule has 0 aliphatic heterocycles. The van der Waals surface area contributed by atoms with Crippen LogP contribution in [-0.4, -0.2) is 29.6 Å². The van der Waals surface area contributed by atoms with Crippen LogP contribution in [0.5, 0.6) is 23.0 Å². The number of hydrogen-bond donors (Lipinski definition) is 2. The minimum absolute atomic E-state index is 0.0622. The van der Waals surface area contributed by atoms with E-state index in [1.165, 1.54) is 62.3 Å². The van der Waals surface area contributed by atoms with Gasteiger partial charge in [-0.15, -0.1) is 0 Å². The van der Waals surface area contributed by atoms with Gasteiger partial charge in [-0.05, 0) is 103 Å². The van der Waals surface area contributed by atoms with Gasteiger partial charge in [0.25, 0.3) is 0 Å². The van der Waals surface area contributed by atoms with Crippen molar-refractivity contribution in [3.05, 3.63) is 71.8 Å². The molecule has 7 rings (SSSR count). The Morgan fingerprint density at radius 2 is 1.45 bits per heavy atom. The topological polar surface area (TPSA) is 112 Å². The Hall–Kier alpha value is -4.20. The van der Waals surface area contributed by atoms with Crippen molar-refractivity contribution >= 4 is 12.3 Å². The molecule has 40 heavy (non-hydrogen) atoms. The lowest BCUT2D eigenvalue weighted by Crippen LogP contribution is -2.48. The monoisotopic (exact) mass is 544 g/mol. The van der Waals surface area contributed by atoms with Crippen molar-refractivity contribution in [2.45, 2.75) is 50.5 Å². The van der Waals surface area contributed by atoms with Crippen molar-refractivity contribution in [1.29, 1.82) is 0 Å². The Morgan fingerprint density at radius 3 is 2.10 bits per heavy atom. The van der Waals surface area contributed by atoms with Crippen molar-refractivity contribution < 1.29 is 38.7 Å². The molecule has 3 aromatic carbocycles. The summed E-state index contributed by atoms with van der Waals surface area (Å²) in [5.41, 5.74) is 3.30. The SMILES string of the molecule is COc1cc(COc2cccc(OC(=O)O)c2-c2cccc(OC(=O)O)c2)ccc1C12CC3CC(CC(C3)C1)C2. The standard InChI is InChI=1S/C32H32O8/c1-37-28-13-19(8-9-25(28)32-15-20-10-21(16-32)12-22(11-20)17-32)18-38-26-6-3-7-27(40-31(35)36)29(26)23-4-2-5-24(14-23)39-30(33)34/h2-9,13-14,20-22H,10-12,15-18H2,1H3,(H,33,34)(H,35,36). The van der Waals surface area contributed by atoms with E-state index in [1.54, 1.807) is 31.4 Å². The fourth-order valence-corrected chi connectivity index (χ4v) is 7.78. The van der Waals surface area contributed by atoms with Crippen LogP contribution in [0.1, 0.15) is 49.7 Å². The third-order valence-corrected chi connectivity index (χ3v) is 8.78. The van der Waals surface area contributed by atoms with Crippen LogP contribution in [0.15, 0.2) is 60.7 Å². The van der Waals surface area contributed by atoms with Gasteiger partial charge >= 0.3 is 12.3 Å². The highest BCUT2D eigenvalue weighted by molar-refractivity contribution is 5.80. The lowest BCUT2D eigenvalue weighted by atomic mass is 9.48. The lowest BCUT2D eigenvalue weighted by Gasteiger charge is -2.57. The third-order valence-electron chi connectivity index (χ3n) is 8.78. The molecule has 2 N–H and O–H groups in total. The second-order valence-electron chi connectivity index (χ2n) is 11.4. The number of methoxy groups -OCH3 is 1. The van der Waals surface area contributed by atoms with E-state index >= 15 is 0 Å². The van der Waals surface area contributed by atoms with Crippen LogP contribution < -0.4 is 18.9 Å². The number of carbonyl (C=O) groups is 2. The lowest BCUT2D eigenvalue weighted by molar-refractivity contribution is -0.00617. The normalized spacial score (nSPS) is 24.4. The molecule has 4 aliphatic rings. The van der Waals surface area contributed by atoms with E-state index < -0.39 is 12.3 Å². The first-order chi connectivity index (χ1) is 19.3. The Kier molecular flexibility index (Phi) is 6.78. The van der Waals surface area contributed by atoms with E-state index in [1.807, 2.05) is 6.07 Å². The van der Waals surface area contributed by atoms with Crippen molar-refractivity contribution in [3.8, 4) is 34.1 Å². The Bertz CT molecular complexity index is 1410. The highest BCUT2D eigenvalue weighted by Gasteiger charge is 2.52. The molecule has 3 aromatic rings. The average Bonchev–Trinajstić information content (AvgIpc) is 2.90. The summed E-state index contributed by atoms with van der Waals surface area (Å²) in [6.07, 6.45) is 4.96. The molecule has 0 radical (unpaired) electrons. The van der Waals surface area contributed by atoms with E-state index in [-0.39, 0.29) is 23.5 Å². The highest BCUT2D eigenvalue weighted by Crippen LogP contribution is 2.62. The second-order valence-corrected chi connectivity index (χ2v) is 11.4. The van der Waals surface area contributed by atoms with Gasteiger partial charge in [-0.3, -0.25) is 0 Å². The van der Waals surface area contributed by atoms with Gasteiger partial charge in [0.2, 0.25) is 0 Å². The smallest absolute Gasteiger partial charge is 0.496 e. The predicted octanol–water partition coefficient (Wildman–Crippen LogP) is 7.52. The van der Waals surface area contributed by atoms with Crippen LogP contribution >= 0.6 is 0 Å². The molecule has 0 unspecified atom stereocenters. The minimum Gasteiger partial charge on any atom is -0.496 e. The zero-order valence-corrected chi connectivity index (χ0v) is 22.3. The molecule has 4 bridgehead atoms. The fraction of sp³-hybridized carbons (Fsp3) is 0.375. The molecule has 8 nitrogen and oxygen atoms in total.